The minimum Gasteiger partial charge on any atom is -0.481 e. The molecule has 6 heteroatoms. The number of nitrogens with one attached hydrogen (secondary N) is 1. The predicted molar refractivity (Wildman–Crippen MR) is 45.3 cm³/mol. The van der Waals surface area contributed by atoms with Gasteiger partial charge in [0.1, 0.15) is 5.51 Å². The van der Waals surface area contributed by atoms with E-state index in [1.54, 1.807) is 5.51 Å². The Balaban J connectivity index is 2.07. The number of carbonyl (C=O) groups is 1. The molecule has 1 heterocycles. The van der Waals surface area contributed by atoms with Crippen LogP contribution in [-0.4, -0.2) is 27.8 Å². The van der Waals surface area contributed by atoms with Crippen molar-refractivity contribution in [2.45, 2.75) is 12.8 Å². The first-order valence-corrected chi connectivity index (χ1v) is 4.39. The molecule has 1 aromatic heterocycles. The molecule has 0 aromatic carbocycles. The Morgan fingerprint density at radius 2 is 2.58 bits per heavy atom. The van der Waals surface area contributed by atoms with E-state index in [-0.39, 0.29) is 6.42 Å². The number of nitrogens with zero attached hydrogens (tertiary/aromatic N) is 2. The number of hydrogen-bond acceptors (Lipinski definition) is 5. The van der Waals surface area contributed by atoms with Crippen LogP contribution in [0.3, 0.4) is 0 Å². The fourth-order valence-corrected chi connectivity index (χ4v) is 1.16. The van der Waals surface area contributed by atoms with Gasteiger partial charge in [0.25, 0.3) is 0 Å². The molecule has 0 unspecified atom stereocenters. The van der Waals surface area contributed by atoms with E-state index in [2.05, 4.69) is 15.5 Å². The van der Waals surface area contributed by atoms with Gasteiger partial charge < -0.3 is 10.4 Å². The van der Waals surface area contributed by atoms with Crippen molar-refractivity contribution in [3.63, 3.8) is 0 Å². The van der Waals surface area contributed by atoms with Crippen LogP contribution in [0.2, 0.25) is 0 Å². The number of carboxylic acid groups (broad SMARTS) is 1. The van der Waals surface area contributed by atoms with E-state index in [1.807, 2.05) is 0 Å². The molecule has 0 fully saturated rings. The Bertz CT molecular complexity index is 237. The Hall–Kier alpha value is -1.17. The molecule has 0 atom stereocenters. The number of aliphatic carboxylic acids is 1. The summed E-state index contributed by atoms with van der Waals surface area (Å²) in [5, 5.41) is 19.4. The van der Waals surface area contributed by atoms with Crippen molar-refractivity contribution < 1.29 is 9.90 Å². The van der Waals surface area contributed by atoms with Gasteiger partial charge >= 0.3 is 5.97 Å². The normalized spacial score (nSPS) is 9.67. The van der Waals surface area contributed by atoms with Crippen LogP contribution in [0.25, 0.3) is 0 Å². The van der Waals surface area contributed by atoms with Crippen molar-refractivity contribution in [2.24, 2.45) is 0 Å². The summed E-state index contributed by atoms with van der Waals surface area (Å²) in [6.07, 6.45) is 0.792. The average molecular weight is 187 g/mol. The fourth-order valence-electron chi connectivity index (χ4n) is 0.685. The van der Waals surface area contributed by atoms with Gasteiger partial charge in [-0.2, -0.15) is 0 Å². The Kier molecular flexibility index (Phi) is 3.46. The van der Waals surface area contributed by atoms with E-state index in [0.717, 1.165) is 5.13 Å². The van der Waals surface area contributed by atoms with Gasteiger partial charge in [-0.25, -0.2) is 0 Å². The molecule has 66 valence electrons. The Labute approximate surface area is 73.4 Å². The molecule has 0 bridgehead atoms. The van der Waals surface area contributed by atoms with Gasteiger partial charge in [0.05, 0.1) is 0 Å². The van der Waals surface area contributed by atoms with Gasteiger partial charge in [-0.1, -0.05) is 11.3 Å². The maximum atomic E-state index is 10.1. The molecule has 0 saturated carbocycles. The molecule has 1 rings (SSSR count). The third kappa shape index (κ3) is 3.29. The summed E-state index contributed by atoms with van der Waals surface area (Å²) in [5.74, 6) is -0.769. The molecule has 1 aromatic rings. The minimum absolute atomic E-state index is 0.186. The molecular weight excluding hydrogens is 178 g/mol. The summed E-state index contributed by atoms with van der Waals surface area (Å²) >= 11 is 1.40. The average Bonchev–Trinajstić information content (AvgIpc) is 2.49. The highest BCUT2D eigenvalue weighted by Crippen LogP contribution is 2.07. The number of carboxylic acids is 1. The van der Waals surface area contributed by atoms with Gasteiger partial charge in [0, 0.05) is 13.0 Å². The van der Waals surface area contributed by atoms with Crippen LogP contribution in [0, 0.1) is 0 Å². The molecule has 0 spiro atoms. The van der Waals surface area contributed by atoms with Crippen LogP contribution in [0.4, 0.5) is 5.13 Å². The van der Waals surface area contributed by atoms with E-state index in [4.69, 9.17) is 5.11 Å². The first-order valence-electron chi connectivity index (χ1n) is 3.51. The maximum absolute atomic E-state index is 10.1. The minimum atomic E-state index is -0.769. The lowest BCUT2D eigenvalue weighted by Gasteiger charge is -1.98. The molecule has 0 amide bonds. The first kappa shape index (κ1) is 8.92. The lowest BCUT2D eigenvalue weighted by atomic mass is 10.3. The van der Waals surface area contributed by atoms with E-state index in [1.165, 1.54) is 11.3 Å². The summed E-state index contributed by atoms with van der Waals surface area (Å²) in [5.41, 5.74) is 1.62. The Morgan fingerprint density at radius 3 is 3.17 bits per heavy atom. The van der Waals surface area contributed by atoms with E-state index in [0.29, 0.717) is 13.0 Å². The van der Waals surface area contributed by atoms with E-state index in [9.17, 15) is 4.79 Å². The van der Waals surface area contributed by atoms with Crippen molar-refractivity contribution in [2.75, 3.05) is 11.9 Å². The van der Waals surface area contributed by atoms with Gasteiger partial charge in [-0.15, -0.1) is 10.2 Å². The molecular formula is C6H9N3O2S. The SMILES string of the molecule is O=C(O)CCCNc1nncs1. The number of aromatic nitrogens is 2. The lowest BCUT2D eigenvalue weighted by Crippen LogP contribution is -2.04. The Morgan fingerprint density at radius 1 is 1.75 bits per heavy atom. The fraction of sp³-hybridized carbons (Fsp3) is 0.500. The monoisotopic (exact) mass is 187 g/mol. The zero-order valence-electron chi connectivity index (χ0n) is 6.36. The van der Waals surface area contributed by atoms with Crippen LogP contribution in [0.15, 0.2) is 5.51 Å². The first-order chi connectivity index (χ1) is 5.79. The predicted octanol–water partition coefficient (Wildman–Crippen LogP) is 0.815. The molecule has 12 heavy (non-hydrogen) atoms. The van der Waals surface area contributed by atoms with Crippen LogP contribution >= 0.6 is 11.3 Å². The molecule has 0 aliphatic rings. The van der Waals surface area contributed by atoms with Crippen molar-refractivity contribution in [1.82, 2.24) is 10.2 Å². The molecule has 5 nitrogen and oxygen atoms in total. The van der Waals surface area contributed by atoms with Crippen molar-refractivity contribution in [3.8, 4) is 0 Å². The summed E-state index contributed by atoms with van der Waals surface area (Å²) in [7, 11) is 0. The van der Waals surface area contributed by atoms with Crippen LogP contribution < -0.4 is 5.32 Å². The largest absolute Gasteiger partial charge is 0.481 e. The molecule has 0 radical (unpaired) electrons. The van der Waals surface area contributed by atoms with Crippen LogP contribution in [0.1, 0.15) is 12.8 Å². The number of hydrogen-bond donors (Lipinski definition) is 2. The quantitative estimate of drug-likeness (QED) is 0.667. The van der Waals surface area contributed by atoms with Crippen LogP contribution in [0.5, 0.6) is 0 Å². The second-order valence-electron chi connectivity index (χ2n) is 2.17. The van der Waals surface area contributed by atoms with Crippen molar-refractivity contribution in [1.29, 1.82) is 0 Å². The second-order valence-corrected chi connectivity index (χ2v) is 3.00. The molecule has 0 aliphatic carbocycles. The highest BCUT2D eigenvalue weighted by Gasteiger charge is 1.97. The summed E-state index contributed by atoms with van der Waals surface area (Å²) in [6.45, 7) is 0.626. The van der Waals surface area contributed by atoms with E-state index < -0.39 is 5.97 Å². The maximum Gasteiger partial charge on any atom is 0.303 e. The number of anilines is 1. The lowest BCUT2D eigenvalue weighted by molar-refractivity contribution is -0.137. The smallest absolute Gasteiger partial charge is 0.303 e. The summed E-state index contributed by atoms with van der Waals surface area (Å²) in [6, 6.07) is 0. The van der Waals surface area contributed by atoms with Gasteiger partial charge in [0.2, 0.25) is 5.13 Å². The second kappa shape index (κ2) is 4.66. The zero-order chi connectivity index (χ0) is 8.81. The summed E-state index contributed by atoms with van der Waals surface area (Å²) in [4.78, 5) is 10.1. The molecule has 0 aliphatic heterocycles. The third-order valence-corrected chi connectivity index (χ3v) is 1.85. The zero-order valence-corrected chi connectivity index (χ0v) is 7.17. The van der Waals surface area contributed by atoms with Crippen molar-refractivity contribution in [3.05, 3.63) is 5.51 Å². The van der Waals surface area contributed by atoms with Gasteiger partial charge in [-0.05, 0) is 6.42 Å². The third-order valence-electron chi connectivity index (χ3n) is 1.20. The van der Waals surface area contributed by atoms with Crippen molar-refractivity contribution >= 4 is 22.4 Å². The highest BCUT2D eigenvalue weighted by molar-refractivity contribution is 7.13. The highest BCUT2D eigenvalue weighted by atomic mass is 32.1. The van der Waals surface area contributed by atoms with Gasteiger partial charge in [-0.3, -0.25) is 4.79 Å². The van der Waals surface area contributed by atoms with Gasteiger partial charge in [0.15, 0.2) is 0 Å². The number of rotatable bonds is 5. The molecule has 2 N–H and O–H groups in total. The van der Waals surface area contributed by atoms with E-state index >= 15 is 0 Å². The molecule has 0 saturated heterocycles. The topological polar surface area (TPSA) is 75.1 Å². The van der Waals surface area contributed by atoms with Crippen LogP contribution in [-0.2, 0) is 4.79 Å². The summed E-state index contributed by atoms with van der Waals surface area (Å²) < 4.78 is 0. The standard InChI is InChI=1S/C6H9N3O2S/c10-5(11)2-1-3-7-6-9-8-4-12-6/h4H,1-3H2,(H,7,9)(H,10,11).